The van der Waals surface area contributed by atoms with Gasteiger partial charge < -0.3 is 9.80 Å². The number of anilines is 2. The van der Waals surface area contributed by atoms with Crippen LogP contribution in [0.3, 0.4) is 0 Å². The molecule has 1 aliphatic rings. The highest BCUT2D eigenvalue weighted by atomic mass is 16.2. The lowest BCUT2D eigenvalue weighted by atomic mass is 9.76. The fourth-order valence-corrected chi connectivity index (χ4v) is 4.35. The predicted octanol–water partition coefficient (Wildman–Crippen LogP) is 5.87. The summed E-state index contributed by atoms with van der Waals surface area (Å²) in [7, 11) is 6.04. The Morgan fingerprint density at radius 3 is 2.24 bits per heavy atom. The van der Waals surface area contributed by atoms with E-state index in [0.717, 1.165) is 18.5 Å². The molecule has 1 heterocycles. The number of fused-ring (bicyclic) bond motifs is 1. The summed E-state index contributed by atoms with van der Waals surface area (Å²) in [5.74, 6) is 0.632. The Labute approximate surface area is 176 Å². The first-order valence-corrected chi connectivity index (χ1v) is 10.7. The molecular formula is C26H36N2O. The second-order valence-corrected chi connectivity index (χ2v) is 10.1. The lowest BCUT2D eigenvalue weighted by Gasteiger charge is -2.26. The minimum atomic E-state index is -0.446. The summed E-state index contributed by atoms with van der Waals surface area (Å²) in [4.78, 5) is 17.2. The van der Waals surface area contributed by atoms with Crippen molar-refractivity contribution < 1.29 is 4.79 Å². The highest BCUT2D eigenvalue weighted by molar-refractivity contribution is 6.07. The Hall–Kier alpha value is -2.29. The van der Waals surface area contributed by atoms with Crippen molar-refractivity contribution in [1.29, 1.82) is 0 Å². The van der Waals surface area contributed by atoms with Crippen LogP contribution in [0.15, 0.2) is 42.5 Å². The first kappa shape index (κ1) is 21.4. The van der Waals surface area contributed by atoms with Crippen LogP contribution in [0.4, 0.5) is 11.4 Å². The number of amides is 1. The van der Waals surface area contributed by atoms with Gasteiger partial charge in [-0.1, -0.05) is 52.0 Å². The van der Waals surface area contributed by atoms with Crippen molar-refractivity contribution in [2.24, 2.45) is 0 Å². The number of hydrogen-bond acceptors (Lipinski definition) is 2. The Kier molecular flexibility index (Phi) is 5.55. The quantitative estimate of drug-likeness (QED) is 0.635. The molecule has 0 radical (unpaired) electrons. The normalized spacial score (nSPS) is 20.0. The fourth-order valence-electron chi connectivity index (χ4n) is 4.35. The van der Waals surface area contributed by atoms with Crippen molar-refractivity contribution in [3.63, 3.8) is 0 Å². The molecule has 0 fully saturated rings. The van der Waals surface area contributed by atoms with Crippen molar-refractivity contribution in [2.75, 3.05) is 30.9 Å². The van der Waals surface area contributed by atoms with Gasteiger partial charge in [0, 0.05) is 32.5 Å². The lowest BCUT2D eigenvalue weighted by molar-refractivity contribution is -0.122. The molecular weight excluding hydrogens is 356 g/mol. The monoisotopic (exact) mass is 392 g/mol. The summed E-state index contributed by atoms with van der Waals surface area (Å²) in [6, 6.07) is 15.4. The summed E-state index contributed by atoms with van der Waals surface area (Å²) >= 11 is 0. The molecule has 1 aliphatic heterocycles. The van der Waals surface area contributed by atoms with Crippen LogP contribution >= 0.6 is 0 Å². The summed E-state index contributed by atoms with van der Waals surface area (Å²) in [6.07, 6.45) is 1.84. The average Bonchev–Trinajstić information content (AvgIpc) is 2.87. The molecule has 3 nitrogen and oxygen atoms in total. The van der Waals surface area contributed by atoms with Crippen LogP contribution in [0.5, 0.6) is 0 Å². The topological polar surface area (TPSA) is 23.6 Å². The molecule has 0 N–H and O–H groups in total. The summed E-state index contributed by atoms with van der Waals surface area (Å²) < 4.78 is 0. The second kappa shape index (κ2) is 7.51. The number of carbonyl (C=O) groups excluding carboxylic acids is 1. The minimum Gasteiger partial charge on any atom is -0.378 e. The number of nitrogens with zero attached hydrogens (tertiary/aromatic N) is 2. The third-order valence-electron chi connectivity index (χ3n) is 6.65. The van der Waals surface area contributed by atoms with E-state index in [1.54, 1.807) is 0 Å². The van der Waals surface area contributed by atoms with Crippen molar-refractivity contribution in [3.8, 4) is 0 Å². The molecule has 2 aromatic rings. The zero-order chi connectivity index (χ0) is 21.6. The van der Waals surface area contributed by atoms with E-state index in [0.29, 0.717) is 5.92 Å². The maximum Gasteiger partial charge on any atom is 0.237 e. The highest BCUT2D eigenvalue weighted by Crippen LogP contribution is 2.46. The third kappa shape index (κ3) is 3.92. The van der Waals surface area contributed by atoms with Crippen molar-refractivity contribution in [2.45, 2.75) is 64.2 Å². The third-order valence-corrected chi connectivity index (χ3v) is 6.65. The Morgan fingerprint density at radius 2 is 1.69 bits per heavy atom. The molecule has 3 heteroatoms. The van der Waals surface area contributed by atoms with Crippen LogP contribution in [0.2, 0.25) is 0 Å². The maximum absolute atomic E-state index is 13.2. The van der Waals surface area contributed by atoms with Crippen LogP contribution in [-0.4, -0.2) is 27.1 Å². The van der Waals surface area contributed by atoms with Crippen LogP contribution in [0, 0.1) is 0 Å². The number of likely N-dealkylation sites (N-methyl/N-ethyl adjacent to an activating group) is 1. The van der Waals surface area contributed by atoms with E-state index >= 15 is 0 Å². The number of benzene rings is 2. The van der Waals surface area contributed by atoms with Crippen LogP contribution in [-0.2, 0) is 15.6 Å². The molecule has 0 aliphatic carbocycles. The van der Waals surface area contributed by atoms with Crippen LogP contribution in [0.25, 0.3) is 0 Å². The van der Waals surface area contributed by atoms with Gasteiger partial charge in [-0.2, -0.15) is 0 Å². The molecule has 156 valence electrons. The molecule has 2 aromatic carbocycles. The molecule has 0 aromatic heterocycles. The Morgan fingerprint density at radius 1 is 1.07 bits per heavy atom. The fraction of sp³-hybridized carbons (Fsp3) is 0.500. The Bertz CT molecular complexity index is 892. The van der Waals surface area contributed by atoms with Gasteiger partial charge in [0.05, 0.1) is 5.41 Å². The van der Waals surface area contributed by atoms with E-state index in [1.807, 2.05) is 11.9 Å². The maximum atomic E-state index is 13.2. The van der Waals surface area contributed by atoms with Crippen molar-refractivity contribution in [3.05, 3.63) is 59.2 Å². The van der Waals surface area contributed by atoms with Gasteiger partial charge >= 0.3 is 0 Å². The molecule has 1 amide bonds. The standard InChI is InChI=1S/C26H36N2O/c1-18(19-9-12-21(13-10-19)27(6)7)15-16-26(5)22-14-11-20(25(2,3)4)17-23(22)28(8)24(26)29/h9-14,17-18H,15-16H2,1-8H3. The number of rotatable bonds is 5. The summed E-state index contributed by atoms with van der Waals surface area (Å²) in [5, 5.41) is 0. The summed E-state index contributed by atoms with van der Waals surface area (Å²) in [6.45, 7) is 11.0. The van der Waals surface area contributed by atoms with E-state index in [4.69, 9.17) is 0 Å². The van der Waals surface area contributed by atoms with Crippen molar-refractivity contribution >= 4 is 17.3 Å². The number of carbonyl (C=O) groups is 1. The highest BCUT2D eigenvalue weighted by Gasteiger charge is 2.46. The predicted molar refractivity (Wildman–Crippen MR) is 124 cm³/mol. The zero-order valence-electron chi connectivity index (χ0n) is 19.3. The molecule has 29 heavy (non-hydrogen) atoms. The van der Waals surface area contributed by atoms with E-state index in [1.165, 1.54) is 22.4 Å². The average molecular weight is 393 g/mol. The van der Waals surface area contributed by atoms with Crippen LogP contribution in [0.1, 0.15) is 70.1 Å². The minimum absolute atomic E-state index is 0.0745. The molecule has 0 saturated carbocycles. The molecule has 0 saturated heterocycles. The van der Waals surface area contributed by atoms with Gasteiger partial charge in [0.25, 0.3) is 0 Å². The van der Waals surface area contributed by atoms with E-state index < -0.39 is 5.41 Å². The van der Waals surface area contributed by atoms with E-state index in [9.17, 15) is 4.79 Å². The Balaban J connectivity index is 1.81. The van der Waals surface area contributed by atoms with Gasteiger partial charge in [0.2, 0.25) is 5.91 Å². The van der Waals surface area contributed by atoms with Gasteiger partial charge in [-0.3, -0.25) is 4.79 Å². The molecule has 3 rings (SSSR count). The molecule has 2 unspecified atom stereocenters. The van der Waals surface area contributed by atoms with Gasteiger partial charge in [-0.15, -0.1) is 0 Å². The van der Waals surface area contributed by atoms with Gasteiger partial charge in [-0.05, 0) is 66.0 Å². The van der Waals surface area contributed by atoms with Gasteiger partial charge in [0.1, 0.15) is 0 Å². The molecule has 0 spiro atoms. The van der Waals surface area contributed by atoms with Crippen LogP contribution < -0.4 is 9.80 Å². The zero-order valence-corrected chi connectivity index (χ0v) is 19.3. The first-order valence-electron chi connectivity index (χ1n) is 10.7. The second-order valence-electron chi connectivity index (χ2n) is 10.1. The van der Waals surface area contributed by atoms with E-state index in [2.05, 4.69) is 96.1 Å². The van der Waals surface area contributed by atoms with Crippen molar-refractivity contribution in [1.82, 2.24) is 0 Å². The smallest absolute Gasteiger partial charge is 0.237 e. The lowest BCUT2D eigenvalue weighted by Crippen LogP contribution is -2.36. The number of hydrogen-bond donors (Lipinski definition) is 0. The van der Waals surface area contributed by atoms with Gasteiger partial charge in [-0.25, -0.2) is 0 Å². The molecule has 2 atom stereocenters. The SMILES string of the molecule is CC(CCC1(C)C(=O)N(C)c2cc(C(C)(C)C)ccc21)c1ccc(N(C)C)cc1. The van der Waals surface area contributed by atoms with E-state index in [-0.39, 0.29) is 11.3 Å². The molecule has 0 bridgehead atoms. The van der Waals surface area contributed by atoms with Gasteiger partial charge in [0.15, 0.2) is 0 Å². The largest absolute Gasteiger partial charge is 0.378 e. The first-order chi connectivity index (χ1) is 13.4. The summed E-state index contributed by atoms with van der Waals surface area (Å²) in [5.41, 5.74) is 5.70.